The third-order valence-electron chi connectivity index (χ3n) is 3.90. The first-order valence-electron chi connectivity index (χ1n) is 8.22. The summed E-state index contributed by atoms with van der Waals surface area (Å²) < 4.78 is 5.47. The van der Waals surface area contributed by atoms with E-state index in [4.69, 9.17) is 4.74 Å². The number of hydrogen-bond donors (Lipinski definition) is 0. The van der Waals surface area contributed by atoms with Gasteiger partial charge in [-0.15, -0.1) is 0 Å². The molecule has 0 unspecified atom stereocenters. The van der Waals surface area contributed by atoms with Crippen molar-refractivity contribution in [3.8, 4) is 5.75 Å². The van der Waals surface area contributed by atoms with Crippen LogP contribution in [0.1, 0.15) is 35.3 Å². The number of carbonyl (C=O) groups is 2. The predicted molar refractivity (Wildman–Crippen MR) is 94.5 cm³/mol. The van der Waals surface area contributed by atoms with Crippen LogP contribution in [0.2, 0.25) is 0 Å². The van der Waals surface area contributed by atoms with Gasteiger partial charge in [0.2, 0.25) is 0 Å². The molecule has 0 N–H and O–H groups in total. The largest absolute Gasteiger partial charge is 0.486 e. The molecular formula is C20H23NO3. The van der Waals surface area contributed by atoms with Crippen molar-refractivity contribution < 1.29 is 14.3 Å². The minimum absolute atomic E-state index is 0.0392. The highest BCUT2D eigenvalue weighted by atomic mass is 16.5. The summed E-state index contributed by atoms with van der Waals surface area (Å²) in [7, 11) is 0. The van der Waals surface area contributed by atoms with Crippen molar-refractivity contribution in [3.63, 3.8) is 0 Å². The SMILES string of the molecule is CCN(CC)C(=O)c1cccc(Cc2ccccc2OCC=O)c1. The molecule has 24 heavy (non-hydrogen) atoms. The second-order valence-electron chi connectivity index (χ2n) is 5.44. The summed E-state index contributed by atoms with van der Waals surface area (Å²) in [5.74, 6) is 0.748. The summed E-state index contributed by atoms with van der Waals surface area (Å²) in [6.45, 7) is 5.39. The maximum Gasteiger partial charge on any atom is 0.253 e. The molecule has 0 fully saturated rings. The van der Waals surface area contributed by atoms with E-state index in [1.807, 2.05) is 62.4 Å². The maximum atomic E-state index is 12.5. The minimum atomic E-state index is 0.0392. The van der Waals surface area contributed by atoms with Gasteiger partial charge >= 0.3 is 0 Å². The van der Waals surface area contributed by atoms with Crippen LogP contribution in [0.15, 0.2) is 48.5 Å². The Balaban J connectivity index is 2.21. The van der Waals surface area contributed by atoms with Crippen LogP contribution in [0.3, 0.4) is 0 Å². The van der Waals surface area contributed by atoms with Crippen LogP contribution in [0.25, 0.3) is 0 Å². The van der Waals surface area contributed by atoms with Crippen molar-refractivity contribution in [1.29, 1.82) is 0 Å². The van der Waals surface area contributed by atoms with E-state index in [0.29, 0.717) is 30.8 Å². The first-order chi connectivity index (χ1) is 11.7. The van der Waals surface area contributed by atoms with Gasteiger partial charge in [-0.05, 0) is 43.2 Å². The van der Waals surface area contributed by atoms with E-state index in [9.17, 15) is 9.59 Å². The average Bonchev–Trinajstić information content (AvgIpc) is 2.62. The Labute approximate surface area is 143 Å². The first kappa shape index (κ1) is 17.7. The van der Waals surface area contributed by atoms with Gasteiger partial charge in [0.1, 0.15) is 12.4 Å². The molecule has 0 aliphatic carbocycles. The number of rotatable bonds is 8. The molecule has 2 rings (SSSR count). The first-order valence-corrected chi connectivity index (χ1v) is 8.22. The zero-order valence-electron chi connectivity index (χ0n) is 14.2. The Morgan fingerprint density at radius 3 is 2.54 bits per heavy atom. The highest BCUT2D eigenvalue weighted by Gasteiger charge is 2.13. The van der Waals surface area contributed by atoms with Crippen molar-refractivity contribution in [1.82, 2.24) is 4.90 Å². The standard InChI is InChI=1S/C20H23NO3/c1-3-21(4-2)20(23)18-10-7-8-16(15-18)14-17-9-5-6-11-19(17)24-13-12-22/h5-12,15H,3-4,13-14H2,1-2H3. The normalized spacial score (nSPS) is 10.2. The van der Waals surface area contributed by atoms with E-state index >= 15 is 0 Å². The highest BCUT2D eigenvalue weighted by Crippen LogP contribution is 2.22. The Morgan fingerprint density at radius 2 is 1.83 bits per heavy atom. The molecule has 1 amide bonds. The van der Waals surface area contributed by atoms with E-state index in [1.54, 1.807) is 4.90 Å². The topological polar surface area (TPSA) is 46.6 Å². The van der Waals surface area contributed by atoms with E-state index in [1.165, 1.54) is 0 Å². The van der Waals surface area contributed by atoms with Crippen LogP contribution >= 0.6 is 0 Å². The van der Waals surface area contributed by atoms with Crippen LogP contribution in [-0.2, 0) is 11.2 Å². The fraction of sp³-hybridized carbons (Fsp3) is 0.300. The lowest BCUT2D eigenvalue weighted by atomic mass is 10.0. The minimum Gasteiger partial charge on any atom is -0.486 e. The maximum absolute atomic E-state index is 12.5. The quantitative estimate of drug-likeness (QED) is 0.699. The molecule has 0 spiro atoms. The fourth-order valence-electron chi connectivity index (χ4n) is 2.64. The third-order valence-corrected chi connectivity index (χ3v) is 3.90. The lowest BCUT2D eigenvalue weighted by Crippen LogP contribution is -2.30. The van der Waals surface area contributed by atoms with Gasteiger partial charge in [0.05, 0.1) is 0 Å². The molecule has 2 aromatic carbocycles. The van der Waals surface area contributed by atoms with Gasteiger partial charge in [0.25, 0.3) is 5.91 Å². The lowest BCUT2D eigenvalue weighted by molar-refractivity contribution is -0.109. The van der Waals surface area contributed by atoms with Crippen LogP contribution in [0.5, 0.6) is 5.75 Å². The Bertz CT molecular complexity index is 693. The average molecular weight is 325 g/mol. The van der Waals surface area contributed by atoms with Crippen molar-refractivity contribution in [2.24, 2.45) is 0 Å². The molecule has 0 bridgehead atoms. The molecule has 0 saturated carbocycles. The number of ether oxygens (including phenoxy) is 1. The number of benzene rings is 2. The van der Waals surface area contributed by atoms with Crippen LogP contribution in [-0.4, -0.2) is 36.8 Å². The molecule has 0 heterocycles. The van der Waals surface area contributed by atoms with Crippen LogP contribution in [0, 0.1) is 0 Å². The van der Waals surface area contributed by atoms with Gasteiger partial charge in [-0.2, -0.15) is 0 Å². The molecule has 0 saturated heterocycles. The fourth-order valence-corrected chi connectivity index (χ4v) is 2.64. The van der Waals surface area contributed by atoms with E-state index < -0.39 is 0 Å². The molecule has 2 aromatic rings. The van der Waals surface area contributed by atoms with Gasteiger partial charge in [-0.25, -0.2) is 0 Å². The number of carbonyl (C=O) groups excluding carboxylic acids is 2. The predicted octanol–water partition coefficient (Wildman–Crippen LogP) is 3.34. The molecule has 0 atom stereocenters. The van der Waals surface area contributed by atoms with E-state index in [0.717, 1.165) is 17.4 Å². The molecular weight excluding hydrogens is 302 g/mol. The molecule has 0 aliphatic rings. The second-order valence-corrected chi connectivity index (χ2v) is 5.44. The van der Waals surface area contributed by atoms with Gasteiger partial charge < -0.3 is 9.64 Å². The van der Waals surface area contributed by atoms with Gasteiger partial charge in [0, 0.05) is 25.1 Å². The van der Waals surface area contributed by atoms with Gasteiger partial charge in [-0.1, -0.05) is 30.3 Å². The monoisotopic (exact) mass is 325 g/mol. The molecule has 4 nitrogen and oxygen atoms in total. The number of nitrogens with zero attached hydrogens (tertiary/aromatic N) is 1. The number of hydrogen-bond acceptors (Lipinski definition) is 3. The van der Waals surface area contributed by atoms with Crippen LogP contribution in [0.4, 0.5) is 0 Å². The lowest BCUT2D eigenvalue weighted by Gasteiger charge is -2.19. The molecule has 0 aliphatic heterocycles. The van der Waals surface area contributed by atoms with Crippen LogP contribution < -0.4 is 4.74 Å². The number of aldehydes is 1. The van der Waals surface area contributed by atoms with Gasteiger partial charge in [0.15, 0.2) is 6.29 Å². The summed E-state index contributed by atoms with van der Waals surface area (Å²) in [4.78, 5) is 24.8. The summed E-state index contributed by atoms with van der Waals surface area (Å²) in [6.07, 6.45) is 1.38. The van der Waals surface area contributed by atoms with Crippen molar-refractivity contribution in [2.45, 2.75) is 20.3 Å². The van der Waals surface area contributed by atoms with E-state index in [-0.39, 0.29) is 12.5 Å². The zero-order valence-corrected chi connectivity index (χ0v) is 14.2. The zero-order chi connectivity index (χ0) is 17.4. The summed E-state index contributed by atoms with van der Waals surface area (Å²) in [6, 6.07) is 15.3. The highest BCUT2D eigenvalue weighted by molar-refractivity contribution is 5.94. The molecule has 4 heteroatoms. The van der Waals surface area contributed by atoms with E-state index in [2.05, 4.69) is 0 Å². The van der Waals surface area contributed by atoms with Crippen molar-refractivity contribution in [3.05, 3.63) is 65.2 Å². The summed E-state index contributed by atoms with van der Waals surface area (Å²) >= 11 is 0. The second kappa shape index (κ2) is 8.87. The summed E-state index contributed by atoms with van der Waals surface area (Å²) in [5.41, 5.74) is 2.73. The smallest absolute Gasteiger partial charge is 0.253 e. The van der Waals surface area contributed by atoms with Gasteiger partial charge in [-0.3, -0.25) is 9.59 Å². The Morgan fingerprint density at radius 1 is 1.08 bits per heavy atom. The number of para-hydroxylation sites is 1. The number of amides is 1. The Hall–Kier alpha value is -2.62. The molecule has 0 aromatic heterocycles. The summed E-state index contributed by atoms with van der Waals surface area (Å²) in [5, 5.41) is 0. The molecule has 0 radical (unpaired) electrons. The van der Waals surface area contributed by atoms with Crippen molar-refractivity contribution >= 4 is 12.2 Å². The van der Waals surface area contributed by atoms with Crippen molar-refractivity contribution in [2.75, 3.05) is 19.7 Å². The molecule has 126 valence electrons. The third kappa shape index (κ3) is 4.44. The Kier molecular flexibility index (Phi) is 6.55.